The van der Waals surface area contributed by atoms with Crippen molar-refractivity contribution in [3.05, 3.63) is 42.5 Å². The Morgan fingerprint density at radius 1 is 1.08 bits per heavy atom. The summed E-state index contributed by atoms with van der Waals surface area (Å²) < 4.78 is 6.75. The second kappa shape index (κ2) is 10.1. The fourth-order valence-corrected chi connectivity index (χ4v) is 6.89. The summed E-state index contributed by atoms with van der Waals surface area (Å²) in [5.41, 5.74) is -1.13. The second-order valence-corrected chi connectivity index (χ2v) is 10.6. The van der Waals surface area contributed by atoms with Crippen LogP contribution in [-0.4, -0.2) is 64.7 Å². The van der Waals surface area contributed by atoms with Gasteiger partial charge in [-0.2, -0.15) is 0 Å². The number of anilines is 1. The third-order valence-corrected chi connectivity index (χ3v) is 8.59. The molecule has 0 saturated carbocycles. The minimum absolute atomic E-state index is 0.0159. The van der Waals surface area contributed by atoms with Crippen LogP contribution in [0, 0.1) is 11.8 Å². The number of carbonyl (C=O) groups is 3. The third-order valence-electron chi connectivity index (χ3n) is 8.59. The van der Waals surface area contributed by atoms with Crippen molar-refractivity contribution < 1.29 is 24.2 Å². The number of amides is 3. The van der Waals surface area contributed by atoms with Crippen molar-refractivity contribution >= 4 is 34.2 Å². The molecule has 3 saturated heterocycles. The van der Waals surface area contributed by atoms with Crippen molar-refractivity contribution in [1.82, 2.24) is 10.2 Å². The lowest BCUT2D eigenvalue weighted by molar-refractivity contribution is -0.146. The Bertz CT molecular complexity index is 1200. The minimum Gasteiger partial charge on any atom is -0.396 e. The van der Waals surface area contributed by atoms with Crippen LogP contribution >= 0.6 is 0 Å². The molecular weight excluding hydrogens is 470 g/mol. The summed E-state index contributed by atoms with van der Waals surface area (Å²) in [4.78, 5) is 43.0. The van der Waals surface area contributed by atoms with Gasteiger partial charge >= 0.3 is 0 Å². The van der Waals surface area contributed by atoms with Gasteiger partial charge in [0.2, 0.25) is 17.7 Å². The van der Waals surface area contributed by atoms with Gasteiger partial charge in [-0.3, -0.25) is 14.4 Å². The first-order valence-electron chi connectivity index (χ1n) is 13.6. The zero-order valence-corrected chi connectivity index (χ0v) is 21.7. The molecule has 2 unspecified atom stereocenters. The molecule has 198 valence electrons. The number of nitrogens with one attached hydrogen (secondary N) is 2. The lowest BCUT2D eigenvalue weighted by atomic mass is 9.65. The van der Waals surface area contributed by atoms with E-state index in [1.165, 1.54) is 0 Å². The highest BCUT2D eigenvalue weighted by Gasteiger charge is 2.78. The third kappa shape index (κ3) is 4.10. The van der Waals surface area contributed by atoms with Crippen LogP contribution in [0.3, 0.4) is 0 Å². The average molecular weight is 508 g/mol. The Labute approximate surface area is 217 Å². The highest BCUT2D eigenvalue weighted by atomic mass is 16.5. The number of rotatable bonds is 10. The Balaban J connectivity index is 1.50. The number of hydrogen-bond acceptors (Lipinski definition) is 5. The quantitative estimate of drug-likeness (QED) is 0.428. The number of ether oxygens (including phenoxy) is 1. The second-order valence-electron chi connectivity index (χ2n) is 10.6. The first-order valence-corrected chi connectivity index (χ1v) is 13.6. The molecule has 2 aromatic carbocycles. The van der Waals surface area contributed by atoms with E-state index in [0.717, 1.165) is 17.2 Å². The Hall–Kier alpha value is -2.97. The number of carbonyl (C=O) groups excluding carboxylic acids is 3. The van der Waals surface area contributed by atoms with E-state index in [1.807, 2.05) is 56.3 Å². The minimum atomic E-state index is -1.04. The van der Waals surface area contributed by atoms with Gasteiger partial charge in [0.05, 0.1) is 17.4 Å². The number of aliphatic hydroxyl groups is 1. The van der Waals surface area contributed by atoms with Crippen LogP contribution < -0.4 is 10.6 Å². The van der Waals surface area contributed by atoms with E-state index in [4.69, 9.17) is 4.74 Å². The summed E-state index contributed by atoms with van der Waals surface area (Å²) in [7, 11) is 0. The normalized spacial score (nSPS) is 30.1. The molecule has 8 nitrogen and oxygen atoms in total. The first-order chi connectivity index (χ1) is 17.9. The summed E-state index contributed by atoms with van der Waals surface area (Å²) in [5, 5.41) is 17.5. The standard InChI is InChI=1S/C29H37N3O5/c1-3-15-30-25(34)22-23-27(36)32(16-7-8-17-33)24(29(23)14-13-28(22,4-2)37-29)26(35)31-21-12-11-19-9-5-6-10-20(19)18-21/h5-6,9-12,18,22-24,33H,3-4,7-8,13-17H2,1-2H3,(H,30,34)(H,31,35)/t22-,23+,24?,28+,29?/m1/s1. The maximum atomic E-state index is 14.0. The van der Waals surface area contributed by atoms with Crippen molar-refractivity contribution in [2.75, 3.05) is 25.0 Å². The van der Waals surface area contributed by atoms with Crippen LogP contribution in [0.1, 0.15) is 52.4 Å². The molecule has 0 aromatic heterocycles. The lowest BCUT2D eigenvalue weighted by Gasteiger charge is -2.34. The SMILES string of the molecule is CCCNC(=O)[C@H]1[C@H]2C(=O)N(CCCCO)C(C(=O)Nc3ccc4ccccc4c3)C23CC[C@]1(CC)O3. The summed E-state index contributed by atoms with van der Waals surface area (Å²) in [6.07, 6.45) is 3.69. The zero-order valence-electron chi connectivity index (χ0n) is 21.7. The largest absolute Gasteiger partial charge is 0.396 e. The number of aliphatic hydroxyl groups excluding tert-OH is 1. The molecule has 2 aromatic rings. The van der Waals surface area contributed by atoms with E-state index in [9.17, 15) is 19.5 Å². The predicted octanol–water partition coefficient (Wildman–Crippen LogP) is 3.23. The fraction of sp³-hybridized carbons (Fsp3) is 0.552. The van der Waals surface area contributed by atoms with E-state index in [0.29, 0.717) is 50.9 Å². The van der Waals surface area contributed by atoms with E-state index >= 15 is 0 Å². The maximum absolute atomic E-state index is 14.0. The molecule has 3 N–H and O–H groups in total. The number of nitrogens with zero attached hydrogens (tertiary/aromatic N) is 1. The van der Waals surface area contributed by atoms with Crippen molar-refractivity contribution in [2.24, 2.45) is 11.8 Å². The zero-order chi connectivity index (χ0) is 26.2. The molecule has 3 aliphatic heterocycles. The van der Waals surface area contributed by atoms with Gasteiger partial charge in [-0.25, -0.2) is 0 Å². The van der Waals surface area contributed by atoms with Crippen molar-refractivity contribution in [2.45, 2.75) is 69.6 Å². The molecule has 3 heterocycles. The Morgan fingerprint density at radius 2 is 1.86 bits per heavy atom. The van der Waals surface area contributed by atoms with Crippen molar-refractivity contribution in [3.63, 3.8) is 0 Å². The summed E-state index contributed by atoms with van der Waals surface area (Å²) >= 11 is 0. The maximum Gasteiger partial charge on any atom is 0.250 e. The average Bonchev–Trinajstić information content (AvgIpc) is 3.51. The topological polar surface area (TPSA) is 108 Å². The van der Waals surface area contributed by atoms with E-state index in [-0.39, 0.29) is 24.3 Å². The van der Waals surface area contributed by atoms with E-state index in [1.54, 1.807) is 4.90 Å². The molecule has 2 bridgehead atoms. The highest BCUT2D eigenvalue weighted by molar-refractivity contribution is 6.04. The number of likely N-dealkylation sites (tertiary alicyclic amines) is 1. The molecular formula is C29H37N3O5. The van der Waals surface area contributed by atoms with Crippen LogP contribution in [0.4, 0.5) is 5.69 Å². The number of hydrogen-bond donors (Lipinski definition) is 3. The van der Waals surface area contributed by atoms with E-state index in [2.05, 4.69) is 10.6 Å². The molecule has 1 spiro atoms. The van der Waals surface area contributed by atoms with Crippen LogP contribution in [0.15, 0.2) is 42.5 Å². The Morgan fingerprint density at radius 3 is 2.59 bits per heavy atom. The number of fused-ring (bicyclic) bond motifs is 2. The molecule has 5 atom stereocenters. The molecule has 3 amide bonds. The lowest BCUT2D eigenvalue weighted by Crippen LogP contribution is -2.53. The van der Waals surface area contributed by atoms with Gasteiger partial charge in [-0.05, 0) is 61.4 Å². The van der Waals surface area contributed by atoms with Crippen LogP contribution in [0.25, 0.3) is 10.8 Å². The van der Waals surface area contributed by atoms with Gasteiger partial charge in [-0.1, -0.05) is 44.2 Å². The van der Waals surface area contributed by atoms with Gasteiger partial charge in [0.25, 0.3) is 0 Å². The monoisotopic (exact) mass is 507 g/mol. The highest BCUT2D eigenvalue weighted by Crippen LogP contribution is 2.64. The van der Waals surface area contributed by atoms with Gasteiger partial charge in [-0.15, -0.1) is 0 Å². The predicted molar refractivity (Wildman–Crippen MR) is 141 cm³/mol. The molecule has 8 heteroatoms. The van der Waals surface area contributed by atoms with Crippen LogP contribution in [0.5, 0.6) is 0 Å². The van der Waals surface area contributed by atoms with Gasteiger partial charge in [0.1, 0.15) is 11.6 Å². The van der Waals surface area contributed by atoms with E-state index < -0.39 is 29.1 Å². The Kier molecular flexibility index (Phi) is 6.98. The smallest absolute Gasteiger partial charge is 0.250 e. The van der Waals surface area contributed by atoms with Gasteiger partial charge in [0, 0.05) is 25.4 Å². The molecule has 3 aliphatic rings. The number of benzene rings is 2. The first kappa shape index (κ1) is 25.7. The summed E-state index contributed by atoms with van der Waals surface area (Å²) in [5.74, 6) is -1.96. The molecule has 0 radical (unpaired) electrons. The number of unbranched alkanes of at least 4 members (excludes halogenated alkanes) is 1. The van der Waals surface area contributed by atoms with Gasteiger partial charge < -0.3 is 25.4 Å². The summed E-state index contributed by atoms with van der Waals surface area (Å²) in [6, 6.07) is 12.8. The van der Waals surface area contributed by atoms with Crippen LogP contribution in [-0.2, 0) is 19.1 Å². The fourth-order valence-electron chi connectivity index (χ4n) is 6.89. The van der Waals surface area contributed by atoms with Crippen molar-refractivity contribution in [1.29, 1.82) is 0 Å². The molecule has 5 rings (SSSR count). The van der Waals surface area contributed by atoms with Crippen LogP contribution in [0.2, 0.25) is 0 Å². The van der Waals surface area contributed by atoms with Gasteiger partial charge in [0.15, 0.2) is 0 Å². The molecule has 3 fully saturated rings. The van der Waals surface area contributed by atoms with Crippen molar-refractivity contribution in [3.8, 4) is 0 Å². The summed E-state index contributed by atoms with van der Waals surface area (Å²) in [6.45, 7) is 4.87. The molecule has 37 heavy (non-hydrogen) atoms. The molecule has 0 aliphatic carbocycles.